The lowest BCUT2D eigenvalue weighted by Crippen LogP contribution is -2.41. The largest absolute Gasteiger partial charge is 0.351 e. The van der Waals surface area contributed by atoms with E-state index in [2.05, 4.69) is 12.3 Å². The monoisotopic (exact) mass is 226 g/mol. The van der Waals surface area contributed by atoms with Crippen molar-refractivity contribution in [2.75, 3.05) is 5.88 Å². The van der Waals surface area contributed by atoms with Gasteiger partial charge in [0.05, 0.1) is 5.25 Å². The number of carbonyl (C=O) groups is 1. The summed E-state index contributed by atoms with van der Waals surface area (Å²) >= 11 is 5.40. The fourth-order valence-electron chi connectivity index (χ4n) is 0.682. The van der Waals surface area contributed by atoms with E-state index in [-0.39, 0.29) is 12.3 Å². The van der Waals surface area contributed by atoms with Crippen molar-refractivity contribution < 1.29 is 13.2 Å². The van der Waals surface area contributed by atoms with Gasteiger partial charge in [-0.25, -0.2) is 17.9 Å². The molecule has 7 heteroatoms. The summed E-state index contributed by atoms with van der Waals surface area (Å²) < 4.78 is 24.1. The number of alkyl halides is 1. The Morgan fingerprint density at radius 1 is 1.69 bits per heavy atom. The molecule has 0 heterocycles. The van der Waals surface area contributed by atoms with Crippen LogP contribution in [0, 0.1) is 0 Å². The summed E-state index contributed by atoms with van der Waals surface area (Å²) in [4.78, 5) is 10.3. The number of halogens is 1. The predicted molar refractivity (Wildman–Crippen MR) is 51.0 cm³/mol. The summed E-state index contributed by atoms with van der Waals surface area (Å²) in [6, 6.07) is -1.11. The fraction of sp³-hybridized carbons (Fsp3) is 0.500. The average Bonchev–Trinajstić information content (AvgIpc) is 1.97. The number of nitrogens with two attached hydrogens (primary N) is 1. The lowest BCUT2D eigenvalue weighted by atomic mass is 10.3. The molecule has 2 amide bonds. The van der Waals surface area contributed by atoms with Gasteiger partial charge >= 0.3 is 6.03 Å². The van der Waals surface area contributed by atoms with Gasteiger partial charge in [-0.1, -0.05) is 6.08 Å². The number of carbonyl (C=O) groups excluding carboxylic acids is 1. The zero-order valence-electron chi connectivity index (χ0n) is 6.86. The third-order valence-electron chi connectivity index (χ3n) is 1.28. The van der Waals surface area contributed by atoms with Crippen LogP contribution >= 0.6 is 11.6 Å². The molecule has 0 bridgehead atoms. The van der Waals surface area contributed by atoms with Gasteiger partial charge in [-0.2, -0.15) is 0 Å². The minimum atomic E-state index is -3.76. The summed E-state index contributed by atoms with van der Waals surface area (Å²) in [7, 11) is -3.76. The van der Waals surface area contributed by atoms with Crippen molar-refractivity contribution in [2.24, 2.45) is 5.73 Å². The number of primary amides is 1. The Balaban J connectivity index is 4.57. The Bertz CT molecular complexity index is 288. The molecule has 0 saturated heterocycles. The minimum absolute atomic E-state index is 0.116. The molecule has 13 heavy (non-hydrogen) atoms. The first-order valence-corrected chi connectivity index (χ1v) is 5.50. The first kappa shape index (κ1) is 12.2. The third-order valence-corrected chi connectivity index (χ3v) is 3.56. The van der Waals surface area contributed by atoms with E-state index >= 15 is 0 Å². The maximum absolute atomic E-state index is 11.2. The summed E-state index contributed by atoms with van der Waals surface area (Å²) in [5.41, 5.74) is 4.67. The van der Waals surface area contributed by atoms with Gasteiger partial charge < -0.3 is 5.73 Å². The molecule has 1 unspecified atom stereocenters. The van der Waals surface area contributed by atoms with E-state index in [1.807, 2.05) is 0 Å². The first-order chi connectivity index (χ1) is 5.94. The summed E-state index contributed by atoms with van der Waals surface area (Å²) in [5, 5.41) is -0.876. The molecule has 3 N–H and O–H groups in total. The lowest BCUT2D eigenvalue weighted by Gasteiger charge is -2.12. The summed E-state index contributed by atoms with van der Waals surface area (Å²) in [6.45, 7) is 3.37. The number of hydrogen-bond acceptors (Lipinski definition) is 3. The Morgan fingerprint density at radius 2 is 2.23 bits per heavy atom. The molecule has 0 spiro atoms. The SMILES string of the molecule is C=CCC(CCl)S(=O)(=O)NC(N)=O. The Kier molecular flexibility index (Phi) is 4.79. The molecule has 0 aromatic rings. The Labute approximate surface area is 82.0 Å². The average molecular weight is 227 g/mol. The molecule has 0 aliphatic carbocycles. The molecule has 5 nitrogen and oxygen atoms in total. The number of rotatable bonds is 5. The van der Waals surface area contributed by atoms with Crippen LogP contribution in [0.4, 0.5) is 4.79 Å². The van der Waals surface area contributed by atoms with E-state index in [1.165, 1.54) is 6.08 Å². The van der Waals surface area contributed by atoms with Crippen molar-refractivity contribution in [2.45, 2.75) is 11.7 Å². The van der Waals surface area contributed by atoms with Crippen molar-refractivity contribution in [1.82, 2.24) is 4.72 Å². The Morgan fingerprint density at radius 3 is 2.54 bits per heavy atom. The second-order valence-corrected chi connectivity index (χ2v) is 4.58. The third kappa shape index (κ3) is 4.14. The van der Waals surface area contributed by atoms with Crippen LogP contribution in [-0.4, -0.2) is 25.6 Å². The first-order valence-electron chi connectivity index (χ1n) is 3.42. The van der Waals surface area contributed by atoms with Gasteiger partial charge in [-0.3, -0.25) is 0 Å². The molecule has 0 radical (unpaired) electrons. The normalized spacial score (nSPS) is 13.3. The van der Waals surface area contributed by atoms with Gasteiger partial charge in [-0.05, 0) is 6.42 Å². The van der Waals surface area contributed by atoms with Crippen molar-refractivity contribution in [1.29, 1.82) is 0 Å². The van der Waals surface area contributed by atoms with Crippen LogP contribution in [-0.2, 0) is 10.0 Å². The van der Waals surface area contributed by atoms with Gasteiger partial charge in [0.2, 0.25) is 10.0 Å². The molecule has 0 aliphatic heterocycles. The lowest BCUT2D eigenvalue weighted by molar-refractivity contribution is 0.253. The topological polar surface area (TPSA) is 89.3 Å². The van der Waals surface area contributed by atoms with Crippen LogP contribution < -0.4 is 10.5 Å². The zero-order valence-corrected chi connectivity index (χ0v) is 8.44. The summed E-state index contributed by atoms with van der Waals surface area (Å²) in [6.07, 6.45) is 1.58. The highest BCUT2D eigenvalue weighted by molar-refractivity contribution is 7.90. The van der Waals surface area contributed by atoms with Crippen LogP contribution in [0.5, 0.6) is 0 Å². The zero-order chi connectivity index (χ0) is 10.5. The van der Waals surface area contributed by atoms with E-state index in [0.717, 1.165) is 0 Å². The van der Waals surface area contributed by atoms with Crippen LogP contribution in [0.3, 0.4) is 0 Å². The fourth-order valence-corrected chi connectivity index (χ4v) is 2.31. The number of allylic oxidation sites excluding steroid dienone is 1. The van der Waals surface area contributed by atoms with Gasteiger partial charge in [0.25, 0.3) is 0 Å². The second kappa shape index (κ2) is 5.08. The van der Waals surface area contributed by atoms with Gasteiger partial charge in [0.1, 0.15) is 0 Å². The number of nitrogens with one attached hydrogen (secondary N) is 1. The van der Waals surface area contributed by atoms with Crippen molar-refractivity contribution in [3.63, 3.8) is 0 Å². The predicted octanol–water partition coefficient (Wildman–Crippen LogP) is 0.168. The molecule has 0 aromatic heterocycles. The van der Waals surface area contributed by atoms with E-state index < -0.39 is 21.3 Å². The summed E-state index contributed by atoms with van der Waals surface area (Å²) in [5.74, 6) is -0.116. The number of urea groups is 1. The van der Waals surface area contributed by atoms with Gasteiger partial charge in [0.15, 0.2) is 0 Å². The Hall–Kier alpha value is -0.750. The van der Waals surface area contributed by atoms with Gasteiger partial charge in [-0.15, -0.1) is 18.2 Å². The maximum Gasteiger partial charge on any atom is 0.325 e. The molecular formula is C6H11ClN2O3S. The quantitative estimate of drug-likeness (QED) is 0.517. The van der Waals surface area contributed by atoms with Gasteiger partial charge in [0, 0.05) is 5.88 Å². The highest BCUT2D eigenvalue weighted by Crippen LogP contribution is 2.06. The molecule has 0 aromatic carbocycles. The molecule has 76 valence electrons. The standard InChI is InChI=1S/C6H11ClN2O3S/c1-2-3-5(4-7)13(11,12)9-6(8)10/h2,5H,1,3-4H2,(H3,8,9,10). The van der Waals surface area contributed by atoms with Crippen LogP contribution in [0.25, 0.3) is 0 Å². The molecule has 0 fully saturated rings. The van der Waals surface area contributed by atoms with Crippen LogP contribution in [0.1, 0.15) is 6.42 Å². The van der Waals surface area contributed by atoms with E-state index in [1.54, 1.807) is 4.72 Å². The molecular weight excluding hydrogens is 216 g/mol. The van der Waals surface area contributed by atoms with Crippen molar-refractivity contribution in [3.05, 3.63) is 12.7 Å². The van der Waals surface area contributed by atoms with E-state index in [4.69, 9.17) is 11.6 Å². The van der Waals surface area contributed by atoms with Crippen LogP contribution in [0.15, 0.2) is 12.7 Å². The highest BCUT2D eigenvalue weighted by atomic mass is 35.5. The number of hydrogen-bond donors (Lipinski definition) is 2. The number of amides is 2. The number of sulfonamides is 1. The van der Waals surface area contributed by atoms with Crippen molar-refractivity contribution >= 4 is 27.7 Å². The van der Waals surface area contributed by atoms with E-state index in [9.17, 15) is 13.2 Å². The van der Waals surface area contributed by atoms with E-state index in [0.29, 0.717) is 0 Å². The van der Waals surface area contributed by atoms with Crippen molar-refractivity contribution in [3.8, 4) is 0 Å². The maximum atomic E-state index is 11.2. The molecule has 1 atom stereocenters. The minimum Gasteiger partial charge on any atom is -0.351 e. The second-order valence-electron chi connectivity index (χ2n) is 2.31. The molecule has 0 aliphatic rings. The molecule has 0 saturated carbocycles. The molecule has 0 rings (SSSR count). The van der Waals surface area contributed by atoms with Crippen LogP contribution in [0.2, 0.25) is 0 Å². The smallest absolute Gasteiger partial charge is 0.325 e. The highest BCUT2D eigenvalue weighted by Gasteiger charge is 2.24.